The Labute approximate surface area is 194 Å². The van der Waals surface area contributed by atoms with Gasteiger partial charge in [0.2, 0.25) is 5.91 Å². The van der Waals surface area contributed by atoms with E-state index in [1.54, 1.807) is 34.1 Å². The summed E-state index contributed by atoms with van der Waals surface area (Å²) in [6.45, 7) is 4.55. The highest BCUT2D eigenvalue weighted by Crippen LogP contribution is 2.39. The Morgan fingerprint density at radius 3 is 2.33 bits per heavy atom. The highest BCUT2D eigenvalue weighted by atomic mass is 32.2. The van der Waals surface area contributed by atoms with Crippen LogP contribution < -0.4 is 15.1 Å². The van der Waals surface area contributed by atoms with Crippen LogP contribution in [0.5, 0.6) is 0 Å². The molecular weight excluding hydrogens is 442 g/mol. The van der Waals surface area contributed by atoms with Gasteiger partial charge >= 0.3 is 6.09 Å². The number of carbonyl (C=O) groups excluding carboxylic acids is 2. The monoisotopic (exact) mass is 471 g/mol. The number of hydrogen-bond acceptors (Lipinski definition) is 6. The van der Waals surface area contributed by atoms with E-state index in [9.17, 15) is 18.0 Å². The van der Waals surface area contributed by atoms with Crippen molar-refractivity contribution in [2.45, 2.75) is 50.3 Å². The van der Waals surface area contributed by atoms with Crippen molar-refractivity contribution in [2.24, 2.45) is 0 Å². The van der Waals surface area contributed by atoms with Crippen molar-refractivity contribution in [2.75, 3.05) is 29.1 Å². The zero-order valence-electron chi connectivity index (χ0n) is 19.1. The second kappa shape index (κ2) is 9.15. The molecule has 0 aromatic heterocycles. The van der Waals surface area contributed by atoms with Crippen LogP contribution in [0, 0.1) is 0 Å². The van der Waals surface area contributed by atoms with Gasteiger partial charge in [-0.3, -0.25) is 15.0 Å². The molecule has 2 aliphatic rings. The van der Waals surface area contributed by atoms with E-state index in [0.717, 1.165) is 36.9 Å². The average Bonchev–Trinajstić information content (AvgIpc) is 2.78. The van der Waals surface area contributed by atoms with Gasteiger partial charge in [0.15, 0.2) is 16.1 Å². The van der Waals surface area contributed by atoms with Crippen LogP contribution in [-0.2, 0) is 19.4 Å². The summed E-state index contributed by atoms with van der Waals surface area (Å²) in [7, 11) is -3.29. The highest BCUT2D eigenvalue weighted by Gasteiger charge is 2.35. The molecule has 176 valence electrons. The van der Waals surface area contributed by atoms with E-state index < -0.39 is 15.9 Å². The number of anilines is 2. The number of amides is 2. The molecule has 1 N–H and O–H groups in total. The predicted octanol–water partition coefficient (Wildman–Crippen LogP) is 3.55. The van der Waals surface area contributed by atoms with E-state index >= 15 is 0 Å². The van der Waals surface area contributed by atoms with Crippen molar-refractivity contribution in [1.82, 2.24) is 5.32 Å². The maximum Gasteiger partial charge on any atom is 0.416 e. The van der Waals surface area contributed by atoms with Crippen LogP contribution in [0.25, 0.3) is 11.1 Å². The van der Waals surface area contributed by atoms with Gasteiger partial charge in [-0.1, -0.05) is 18.2 Å². The van der Waals surface area contributed by atoms with Gasteiger partial charge in [-0.2, -0.15) is 0 Å². The predicted molar refractivity (Wildman–Crippen MR) is 127 cm³/mol. The molecule has 33 heavy (non-hydrogen) atoms. The fourth-order valence-electron chi connectivity index (χ4n) is 4.46. The maximum atomic E-state index is 13.1. The molecule has 4 rings (SSSR count). The molecule has 0 bridgehead atoms. The molecule has 1 fully saturated rings. The lowest BCUT2D eigenvalue weighted by atomic mass is 10.0. The van der Waals surface area contributed by atoms with Crippen LogP contribution >= 0.6 is 0 Å². The zero-order chi connectivity index (χ0) is 23.8. The third-order valence-electron chi connectivity index (χ3n) is 6.10. The van der Waals surface area contributed by atoms with Crippen molar-refractivity contribution >= 4 is 33.2 Å². The number of hydrogen-bond donors (Lipinski definition) is 1. The first-order valence-electron chi connectivity index (χ1n) is 11.1. The van der Waals surface area contributed by atoms with E-state index in [1.165, 1.54) is 13.2 Å². The molecule has 2 aliphatic heterocycles. The number of piperidine rings is 1. The quantitative estimate of drug-likeness (QED) is 0.736. The fourth-order valence-corrected chi connectivity index (χ4v) is 5.09. The van der Waals surface area contributed by atoms with Crippen molar-refractivity contribution in [3.8, 4) is 11.1 Å². The number of rotatable bonds is 3. The van der Waals surface area contributed by atoms with E-state index in [1.807, 2.05) is 25.1 Å². The molecule has 0 saturated carbocycles. The molecule has 9 heteroatoms. The van der Waals surface area contributed by atoms with Crippen LogP contribution in [0.4, 0.5) is 16.2 Å². The van der Waals surface area contributed by atoms with Gasteiger partial charge in [0.25, 0.3) is 0 Å². The normalized spacial score (nSPS) is 20.8. The summed E-state index contributed by atoms with van der Waals surface area (Å²) in [5.74, 6) is -0.101. The van der Waals surface area contributed by atoms with Crippen molar-refractivity contribution in [3.05, 3.63) is 42.5 Å². The standard InChI is InChI=1S/C24H29N3O5S/c1-16-15-26(24(29)32-23-6-4-5-13-25-23)22-14-19(9-12-21(22)27(16)17(2)28)18-7-10-20(11-8-18)33(3,30)31/h7-12,14,16,23,25H,4-6,13,15H2,1-3H3/t16-,23?/m0/s1. The van der Waals surface area contributed by atoms with Gasteiger partial charge in [0.1, 0.15) is 0 Å². The maximum absolute atomic E-state index is 13.1. The number of ether oxygens (including phenoxy) is 1. The average molecular weight is 472 g/mol. The Morgan fingerprint density at radius 1 is 1.03 bits per heavy atom. The van der Waals surface area contributed by atoms with Gasteiger partial charge < -0.3 is 9.64 Å². The van der Waals surface area contributed by atoms with Crippen molar-refractivity contribution in [1.29, 1.82) is 0 Å². The second-order valence-corrected chi connectivity index (χ2v) is 10.7. The largest absolute Gasteiger partial charge is 0.430 e. The lowest BCUT2D eigenvalue weighted by molar-refractivity contribution is -0.117. The van der Waals surface area contributed by atoms with Crippen LogP contribution in [0.2, 0.25) is 0 Å². The lowest BCUT2D eigenvalue weighted by Gasteiger charge is -2.41. The SMILES string of the molecule is CC(=O)N1c2ccc(-c3ccc(S(C)(=O)=O)cc3)cc2N(C(=O)OC2CCCCN2)C[C@@H]1C. The smallest absolute Gasteiger partial charge is 0.416 e. The number of nitrogens with zero attached hydrogens (tertiary/aromatic N) is 2. The zero-order valence-corrected chi connectivity index (χ0v) is 19.9. The number of benzene rings is 2. The number of sulfone groups is 1. The number of fused-ring (bicyclic) bond motifs is 1. The van der Waals surface area contributed by atoms with Crippen LogP contribution in [-0.4, -0.2) is 52.0 Å². The first kappa shape index (κ1) is 23.3. The van der Waals surface area contributed by atoms with Crippen molar-refractivity contribution < 1.29 is 22.7 Å². The molecule has 1 unspecified atom stereocenters. The first-order chi connectivity index (χ1) is 15.6. The minimum Gasteiger partial charge on any atom is -0.430 e. The topological polar surface area (TPSA) is 96.0 Å². The lowest BCUT2D eigenvalue weighted by Crippen LogP contribution is -2.52. The van der Waals surface area contributed by atoms with Crippen LogP contribution in [0.15, 0.2) is 47.4 Å². The third-order valence-corrected chi connectivity index (χ3v) is 7.23. The molecule has 2 aromatic rings. The highest BCUT2D eigenvalue weighted by molar-refractivity contribution is 7.90. The summed E-state index contributed by atoms with van der Waals surface area (Å²) in [6, 6.07) is 11.9. The fraction of sp³-hybridized carbons (Fsp3) is 0.417. The summed E-state index contributed by atoms with van der Waals surface area (Å²) in [4.78, 5) is 29.0. The van der Waals surface area contributed by atoms with Crippen molar-refractivity contribution in [3.63, 3.8) is 0 Å². The summed E-state index contributed by atoms with van der Waals surface area (Å²) >= 11 is 0. The summed E-state index contributed by atoms with van der Waals surface area (Å²) in [5, 5.41) is 3.22. The van der Waals surface area contributed by atoms with E-state index in [2.05, 4.69) is 5.32 Å². The molecular formula is C24H29N3O5S. The summed E-state index contributed by atoms with van der Waals surface area (Å²) < 4.78 is 29.3. The Morgan fingerprint density at radius 2 is 1.73 bits per heavy atom. The van der Waals surface area contributed by atoms with Gasteiger partial charge in [0, 0.05) is 19.7 Å². The van der Waals surface area contributed by atoms with Gasteiger partial charge in [-0.05, 0) is 68.1 Å². The Kier molecular flexibility index (Phi) is 6.45. The molecule has 0 aliphatic carbocycles. The molecule has 2 atom stereocenters. The van der Waals surface area contributed by atoms with Crippen LogP contribution in [0.3, 0.4) is 0 Å². The van der Waals surface area contributed by atoms with E-state index in [4.69, 9.17) is 4.74 Å². The summed E-state index contributed by atoms with van der Waals surface area (Å²) in [5.41, 5.74) is 2.85. The number of carbonyl (C=O) groups is 2. The molecule has 0 spiro atoms. The summed E-state index contributed by atoms with van der Waals surface area (Å²) in [6.07, 6.45) is 3.24. The first-order valence-corrected chi connectivity index (χ1v) is 13.0. The molecule has 2 aromatic carbocycles. The third kappa shape index (κ3) is 4.89. The van der Waals surface area contributed by atoms with Crippen LogP contribution in [0.1, 0.15) is 33.1 Å². The molecule has 2 amide bonds. The van der Waals surface area contributed by atoms with Gasteiger partial charge in [0.05, 0.1) is 22.3 Å². The Bertz CT molecular complexity index is 1160. The minimum atomic E-state index is -3.29. The molecule has 8 nitrogen and oxygen atoms in total. The minimum absolute atomic E-state index is 0.101. The Balaban J connectivity index is 1.70. The van der Waals surface area contributed by atoms with E-state index in [-0.39, 0.29) is 23.1 Å². The molecule has 1 saturated heterocycles. The Hall–Kier alpha value is -2.91. The van der Waals surface area contributed by atoms with Gasteiger partial charge in [-0.25, -0.2) is 13.2 Å². The van der Waals surface area contributed by atoms with Gasteiger partial charge in [-0.15, -0.1) is 0 Å². The molecule has 2 heterocycles. The molecule has 0 radical (unpaired) electrons. The second-order valence-electron chi connectivity index (χ2n) is 8.67. The van der Waals surface area contributed by atoms with E-state index in [0.29, 0.717) is 17.9 Å². The number of nitrogens with one attached hydrogen (secondary N) is 1.